The van der Waals surface area contributed by atoms with Gasteiger partial charge in [-0.3, -0.25) is 0 Å². The summed E-state index contributed by atoms with van der Waals surface area (Å²) in [5.41, 5.74) is 0. The van der Waals surface area contributed by atoms with Crippen LogP contribution in [0.5, 0.6) is 0 Å². The monoisotopic (exact) mass is 69.1 g/mol. The largest absolute Gasteiger partial charge is 0.368 e. The fraction of sp³-hybridized carbons (Fsp3) is 0. The Balaban J connectivity index is 3.05. The minimum atomic E-state index is 0.468. The lowest BCUT2D eigenvalue weighted by atomic mass is 10.7. The number of aromatic amines is 1. The Hall–Kier alpha value is -0.720. The third-order valence-corrected chi connectivity index (χ3v) is 0.442. The minimum Gasteiger partial charge on any atom is -0.368 e. The molecule has 0 unspecified atom stereocenters. The molecule has 0 bridgehead atoms. The number of H-pyrrole nitrogens is 1. The van der Waals surface area contributed by atoms with Crippen molar-refractivity contribution in [2.24, 2.45) is 0 Å². The summed E-state index contributed by atoms with van der Waals surface area (Å²) in [7, 11) is 0. The van der Waals surface area contributed by atoms with Crippen molar-refractivity contribution in [3.05, 3.63) is 24.5 Å². The number of hydrogen-bond donors (Lipinski definition) is 1. The zero-order chi connectivity index (χ0) is 4.41. The van der Waals surface area contributed by atoms with Crippen molar-refractivity contribution in [3.8, 4) is 0 Å². The van der Waals surface area contributed by atoms with E-state index in [0.717, 1.165) is 0 Å². The minimum absolute atomic E-state index is 0.468. The molecule has 1 aromatic heterocycles. The van der Waals surface area contributed by atoms with Gasteiger partial charge in [0.25, 0.3) is 0 Å². The van der Waals surface area contributed by atoms with E-state index in [-0.39, 0.29) is 0 Å². The maximum absolute atomic E-state index is 6.82. The van der Waals surface area contributed by atoms with Gasteiger partial charge in [-0.15, -0.1) is 0 Å². The molecule has 0 spiro atoms. The van der Waals surface area contributed by atoms with Crippen molar-refractivity contribution in [2.45, 2.75) is 0 Å². The van der Waals surface area contributed by atoms with Crippen LogP contribution in [0.3, 0.4) is 0 Å². The Morgan fingerprint density at radius 3 is 2.80 bits per heavy atom. The van der Waals surface area contributed by atoms with E-state index in [2.05, 4.69) is 4.98 Å². The lowest BCUT2D eigenvalue weighted by Crippen LogP contribution is -1.38. The van der Waals surface area contributed by atoms with Gasteiger partial charge in [0.05, 0.1) is 1.37 Å². The van der Waals surface area contributed by atoms with Gasteiger partial charge in [0.2, 0.25) is 0 Å². The Kier molecular flexibility index (Phi) is 0.307. The highest BCUT2D eigenvalue weighted by atomic mass is 14.6. The van der Waals surface area contributed by atoms with Crippen LogP contribution in [0.2, 0.25) is 0 Å². The number of rotatable bonds is 0. The molecule has 5 heavy (non-hydrogen) atoms. The van der Waals surface area contributed by atoms with Crippen LogP contribution in [0.25, 0.3) is 0 Å². The molecule has 1 N–H and O–H groups in total. The van der Waals surface area contributed by atoms with Crippen molar-refractivity contribution < 1.29 is 1.37 Å². The van der Waals surface area contributed by atoms with E-state index >= 15 is 0 Å². The number of hydrogen-bond acceptors (Lipinski definition) is 0. The third kappa shape index (κ3) is 0.293. The normalized spacial score (nSPS) is 10.8. The Bertz CT molecular complexity index is 111. The van der Waals surface area contributed by atoms with E-state index in [1.807, 2.05) is 0 Å². The molecule has 0 atom stereocenters. The fourth-order valence-electron chi connectivity index (χ4n) is 0.241. The molecule has 1 nitrogen and oxygen atoms in total. The van der Waals surface area contributed by atoms with Gasteiger partial charge in [0.1, 0.15) is 0 Å². The molecule has 0 fully saturated rings. The SMILES string of the molecule is [3H]c1ccc[nH]1. The van der Waals surface area contributed by atoms with E-state index < -0.39 is 0 Å². The topological polar surface area (TPSA) is 15.8 Å². The summed E-state index contributed by atoms with van der Waals surface area (Å²) < 4.78 is 6.82. The second-order valence-electron chi connectivity index (χ2n) is 0.814. The number of aromatic nitrogens is 1. The highest BCUT2D eigenvalue weighted by Crippen LogP contribution is 1.72. The quantitative estimate of drug-likeness (QED) is 0.468. The van der Waals surface area contributed by atoms with Crippen molar-refractivity contribution in [2.75, 3.05) is 0 Å². The van der Waals surface area contributed by atoms with Gasteiger partial charge in [-0.1, -0.05) is 0 Å². The molecule has 0 radical (unpaired) electrons. The first-order valence-corrected chi connectivity index (χ1v) is 1.49. The molecule has 0 aliphatic heterocycles. The molecular formula is C4H5N. The van der Waals surface area contributed by atoms with Gasteiger partial charge < -0.3 is 4.98 Å². The van der Waals surface area contributed by atoms with E-state index in [4.69, 9.17) is 1.37 Å². The van der Waals surface area contributed by atoms with E-state index in [1.165, 1.54) is 0 Å². The molecule has 0 amide bonds. The van der Waals surface area contributed by atoms with Crippen LogP contribution in [-0.2, 0) is 0 Å². The second-order valence-corrected chi connectivity index (χ2v) is 0.814. The van der Waals surface area contributed by atoms with Crippen LogP contribution in [0, 0.1) is 0 Å². The average Bonchev–Trinajstić information content (AvgIpc) is 1.86. The second kappa shape index (κ2) is 0.931. The van der Waals surface area contributed by atoms with Gasteiger partial charge >= 0.3 is 0 Å². The summed E-state index contributed by atoms with van der Waals surface area (Å²) in [5, 5.41) is 0. The first-order valence-electron chi connectivity index (χ1n) is 1.99. The van der Waals surface area contributed by atoms with Crippen LogP contribution in [0.4, 0.5) is 0 Å². The maximum atomic E-state index is 6.82. The summed E-state index contributed by atoms with van der Waals surface area (Å²) in [5.74, 6) is 0. The van der Waals surface area contributed by atoms with Crippen LogP contribution in [0.1, 0.15) is 1.37 Å². The summed E-state index contributed by atoms with van der Waals surface area (Å²) >= 11 is 0. The predicted octanol–water partition coefficient (Wildman–Crippen LogP) is 1.01. The third-order valence-electron chi connectivity index (χ3n) is 0.442. The lowest BCUT2D eigenvalue weighted by Gasteiger charge is -1.49. The summed E-state index contributed by atoms with van der Waals surface area (Å²) in [6.07, 6.45) is 2.19. The first kappa shape index (κ1) is 1.65. The van der Waals surface area contributed by atoms with Crippen molar-refractivity contribution >= 4 is 0 Å². The summed E-state index contributed by atoms with van der Waals surface area (Å²) in [4.78, 5) is 2.67. The van der Waals surface area contributed by atoms with Crippen LogP contribution in [-0.4, -0.2) is 4.98 Å². The molecular weight excluding hydrogens is 62.1 g/mol. The molecule has 0 aromatic carbocycles. The zero-order valence-corrected chi connectivity index (χ0v) is 2.73. The molecule has 1 heteroatoms. The lowest BCUT2D eigenvalue weighted by molar-refractivity contribution is 1.42. The zero-order valence-electron chi connectivity index (χ0n) is 3.73. The maximum Gasteiger partial charge on any atom is 0.0815 e. The van der Waals surface area contributed by atoms with Gasteiger partial charge in [-0.25, -0.2) is 0 Å². The molecule has 1 rings (SSSR count). The predicted molar refractivity (Wildman–Crippen MR) is 20.8 cm³/mol. The van der Waals surface area contributed by atoms with Crippen molar-refractivity contribution in [1.29, 1.82) is 0 Å². The van der Waals surface area contributed by atoms with Crippen molar-refractivity contribution in [3.63, 3.8) is 0 Å². The molecule has 1 aromatic rings. The molecule has 0 saturated carbocycles. The Labute approximate surface area is 32.0 Å². The molecule has 0 aliphatic rings. The highest BCUT2D eigenvalue weighted by molar-refractivity contribution is 4.84. The van der Waals surface area contributed by atoms with Gasteiger partial charge in [0, 0.05) is 12.4 Å². The van der Waals surface area contributed by atoms with E-state index in [9.17, 15) is 0 Å². The van der Waals surface area contributed by atoms with Crippen LogP contribution >= 0.6 is 0 Å². The highest BCUT2D eigenvalue weighted by Gasteiger charge is 1.55. The first-order chi connectivity index (χ1) is 2.89. The van der Waals surface area contributed by atoms with E-state index in [0.29, 0.717) is 6.17 Å². The van der Waals surface area contributed by atoms with E-state index in [1.54, 1.807) is 18.3 Å². The van der Waals surface area contributed by atoms with Crippen LogP contribution < -0.4 is 0 Å². The Morgan fingerprint density at radius 2 is 2.60 bits per heavy atom. The molecule has 26 valence electrons. The summed E-state index contributed by atoms with van der Waals surface area (Å²) in [6.45, 7) is 0. The molecule has 1 heterocycles. The van der Waals surface area contributed by atoms with Gasteiger partial charge in [0.15, 0.2) is 0 Å². The van der Waals surface area contributed by atoms with Crippen molar-refractivity contribution in [1.82, 2.24) is 4.98 Å². The van der Waals surface area contributed by atoms with Gasteiger partial charge in [-0.2, -0.15) is 0 Å². The Morgan fingerprint density at radius 1 is 1.60 bits per heavy atom. The van der Waals surface area contributed by atoms with Gasteiger partial charge in [-0.05, 0) is 12.1 Å². The van der Waals surface area contributed by atoms with Crippen LogP contribution in [0.15, 0.2) is 24.5 Å². The standard InChI is InChI=1S/C4H5N/c1-2-4-5-3-1/h1-5H/i3T. The summed E-state index contributed by atoms with van der Waals surface area (Å²) in [6, 6.07) is 3.49. The average molecular weight is 69.1 g/mol. The number of nitrogens with one attached hydrogen (secondary N) is 1. The molecule has 0 aliphatic carbocycles. The smallest absolute Gasteiger partial charge is 0.0815 e. The fourth-order valence-corrected chi connectivity index (χ4v) is 0.241. The molecule has 0 saturated heterocycles.